The van der Waals surface area contributed by atoms with Gasteiger partial charge >= 0.3 is 0 Å². The number of carbonyl (C=O) groups is 1. The molecule has 1 aromatic carbocycles. The zero-order valence-corrected chi connectivity index (χ0v) is 15.6. The van der Waals surface area contributed by atoms with E-state index in [2.05, 4.69) is 29.1 Å². The molecule has 1 fully saturated rings. The van der Waals surface area contributed by atoms with Gasteiger partial charge in [-0.3, -0.25) is 9.78 Å². The predicted octanol–water partition coefficient (Wildman–Crippen LogP) is 4.61. The number of rotatable bonds is 5. The number of hydrogen-bond acceptors (Lipinski definition) is 5. The minimum absolute atomic E-state index is 0.0191. The first-order chi connectivity index (χ1) is 12.6. The Kier molecular flexibility index (Phi) is 4.59. The van der Waals surface area contributed by atoms with Crippen molar-refractivity contribution in [2.75, 3.05) is 5.32 Å². The number of ether oxygens (including phenoxy) is 1. The standard InChI is InChI=1S/C20H21N3O2S/c1-12(2)16-11-26-20(22-16)23-19(24)14-9-15(10-14)25-17-7-3-5-13-6-4-8-21-18(13)17/h3-8,11-12,14-15H,9-10H2,1-2H3,(H,22,23,24). The summed E-state index contributed by atoms with van der Waals surface area (Å²) < 4.78 is 6.07. The lowest BCUT2D eigenvalue weighted by atomic mass is 9.81. The molecule has 4 rings (SSSR count). The predicted molar refractivity (Wildman–Crippen MR) is 104 cm³/mol. The van der Waals surface area contributed by atoms with E-state index < -0.39 is 0 Å². The molecule has 0 atom stereocenters. The average Bonchev–Trinajstić information content (AvgIpc) is 3.06. The van der Waals surface area contributed by atoms with Gasteiger partial charge in [-0.2, -0.15) is 0 Å². The first kappa shape index (κ1) is 17.0. The number of benzene rings is 1. The second-order valence-corrected chi connectivity index (χ2v) is 7.82. The van der Waals surface area contributed by atoms with Crippen LogP contribution in [0.3, 0.4) is 0 Å². The molecule has 0 aliphatic heterocycles. The Bertz CT molecular complexity index is 926. The Morgan fingerprint density at radius 3 is 2.85 bits per heavy atom. The van der Waals surface area contributed by atoms with Crippen LogP contribution < -0.4 is 10.1 Å². The first-order valence-electron chi connectivity index (χ1n) is 8.87. The smallest absolute Gasteiger partial charge is 0.229 e. The van der Waals surface area contributed by atoms with Gasteiger partial charge in [-0.05, 0) is 30.9 Å². The molecule has 0 spiro atoms. The Balaban J connectivity index is 1.34. The molecule has 2 heterocycles. The summed E-state index contributed by atoms with van der Waals surface area (Å²) in [5.41, 5.74) is 1.88. The van der Waals surface area contributed by atoms with E-state index >= 15 is 0 Å². The summed E-state index contributed by atoms with van der Waals surface area (Å²) in [4.78, 5) is 21.2. The number of aromatic nitrogens is 2. The van der Waals surface area contributed by atoms with E-state index in [9.17, 15) is 4.79 Å². The largest absolute Gasteiger partial charge is 0.488 e. The van der Waals surface area contributed by atoms with Crippen LogP contribution in [0.4, 0.5) is 5.13 Å². The molecule has 134 valence electrons. The highest BCUT2D eigenvalue weighted by Gasteiger charge is 2.36. The molecule has 2 aromatic heterocycles. The Morgan fingerprint density at radius 2 is 2.08 bits per heavy atom. The van der Waals surface area contributed by atoms with Crippen molar-refractivity contribution in [3.05, 3.63) is 47.6 Å². The van der Waals surface area contributed by atoms with Crippen molar-refractivity contribution in [2.24, 2.45) is 5.92 Å². The van der Waals surface area contributed by atoms with Crippen molar-refractivity contribution in [1.82, 2.24) is 9.97 Å². The van der Waals surface area contributed by atoms with Crippen LogP contribution in [0.1, 0.15) is 38.3 Å². The fourth-order valence-corrected chi connectivity index (χ4v) is 3.92. The van der Waals surface area contributed by atoms with Crippen LogP contribution in [0.5, 0.6) is 5.75 Å². The van der Waals surface area contributed by atoms with Gasteiger partial charge in [0.05, 0.1) is 5.69 Å². The summed E-state index contributed by atoms with van der Waals surface area (Å²) in [6, 6.07) is 9.86. The summed E-state index contributed by atoms with van der Waals surface area (Å²) in [5, 5.41) is 6.67. The fraction of sp³-hybridized carbons (Fsp3) is 0.350. The maximum atomic E-state index is 12.4. The molecular weight excluding hydrogens is 346 g/mol. The van der Waals surface area contributed by atoms with Crippen molar-refractivity contribution in [1.29, 1.82) is 0 Å². The van der Waals surface area contributed by atoms with E-state index in [-0.39, 0.29) is 17.9 Å². The second kappa shape index (κ2) is 7.03. The van der Waals surface area contributed by atoms with Crippen molar-refractivity contribution in [2.45, 2.75) is 38.7 Å². The lowest BCUT2D eigenvalue weighted by Gasteiger charge is -2.34. The third kappa shape index (κ3) is 3.42. The topological polar surface area (TPSA) is 64.1 Å². The monoisotopic (exact) mass is 367 g/mol. The van der Waals surface area contributed by atoms with Gasteiger partial charge in [-0.1, -0.05) is 32.0 Å². The van der Waals surface area contributed by atoms with Crippen LogP contribution in [0.2, 0.25) is 0 Å². The third-order valence-corrected chi connectivity index (χ3v) is 5.47. The second-order valence-electron chi connectivity index (χ2n) is 6.96. The van der Waals surface area contributed by atoms with Gasteiger partial charge in [0.25, 0.3) is 0 Å². The first-order valence-corrected chi connectivity index (χ1v) is 9.75. The van der Waals surface area contributed by atoms with Gasteiger partial charge in [0.1, 0.15) is 17.4 Å². The van der Waals surface area contributed by atoms with Crippen molar-refractivity contribution in [3.63, 3.8) is 0 Å². The van der Waals surface area contributed by atoms with E-state index in [4.69, 9.17) is 4.74 Å². The van der Waals surface area contributed by atoms with Gasteiger partial charge in [0.15, 0.2) is 5.13 Å². The summed E-state index contributed by atoms with van der Waals surface area (Å²) >= 11 is 1.48. The normalized spacial score (nSPS) is 19.3. The van der Waals surface area contributed by atoms with E-state index in [1.807, 2.05) is 35.7 Å². The zero-order valence-electron chi connectivity index (χ0n) is 14.8. The highest BCUT2D eigenvalue weighted by Crippen LogP contribution is 2.34. The fourth-order valence-electron chi connectivity index (χ4n) is 3.04. The Labute approximate surface area is 156 Å². The number of fused-ring (bicyclic) bond motifs is 1. The molecule has 6 heteroatoms. The van der Waals surface area contributed by atoms with Crippen LogP contribution in [0, 0.1) is 5.92 Å². The van der Waals surface area contributed by atoms with E-state index in [1.54, 1.807) is 6.20 Å². The molecule has 5 nitrogen and oxygen atoms in total. The summed E-state index contributed by atoms with van der Waals surface area (Å²) in [7, 11) is 0. The molecule has 0 saturated heterocycles. The number of amides is 1. The molecule has 0 bridgehead atoms. The molecule has 3 aromatic rings. The van der Waals surface area contributed by atoms with E-state index in [0.717, 1.165) is 35.2 Å². The van der Waals surface area contributed by atoms with E-state index in [0.29, 0.717) is 11.0 Å². The van der Waals surface area contributed by atoms with Crippen molar-refractivity contribution in [3.8, 4) is 5.75 Å². The molecule has 0 radical (unpaired) electrons. The van der Waals surface area contributed by atoms with Crippen molar-refractivity contribution < 1.29 is 9.53 Å². The van der Waals surface area contributed by atoms with Crippen LogP contribution in [0.25, 0.3) is 10.9 Å². The maximum absolute atomic E-state index is 12.4. The number of carbonyl (C=O) groups excluding carboxylic acids is 1. The lowest BCUT2D eigenvalue weighted by Crippen LogP contribution is -2.40. The van der Waals surface area contributed by atoms with Crippen LogP contribution in [-0.2, 0) is 4.79 Å². The molecule has 1 aliphatic rings. The molecule has 0 unspecified atom stereocenters. The number of nitrogens with zero attached hydrogens (tertiary/aromatic N) is 2. The third-order valence-electron chi connectivity index (χ3n) is 4.70. The number of pyridine rings is 1. The van der Waals surface area contributed by atoms with Gasteiger partial charge < -0.3 is 10.1 Å². The SMILES string of the molecule is CC(C)c1csc(NC(=O)C2CC(Oc3cccc4cccnc34)C2)n1. The van der Waals surface area contributed by atoms with E-state index in [1.165, 1.54) is 11.3 Å². The Morgan fingerprint density at radius 1 is 1.27 bits per heavy atom. The van der Waals surface area contributed by atoms with Crippen LogP contribution >= 0.6 is 11.3 Å². The minimum atomic E-state index is -0.0191. The average molecular weight is 367 g/mol. The van der Waals surface area contributed by atoms with Gasteiger partial charge in [0.2, 0.25) is 5.91 Å². The van der Waals surface area contributed by atoms with Crippen molar-refractivity contribution >= 4 is 33.3 Å². The van der Waals surface area contributed by atoms with Gasteiger partial charge in [0, 0.05) is 22.9 Å². The molecule has 1 N–H and O–H groups in total. The summed E-state index contributed by atoms with van der Waals surface area (Å²) in [6.45, 7) is 4.19. The molecule has 1 amide bonds. The zero-order chi connectivity index (χ0) is 18.1. The highest BCUT2D eigenvalue weighted by molar-refractivity contribution is 7.13. The molecular formula is C20H21N3O2S. The van der Waals surface area contributed by atoms with Gasteiger partial charge in [-0.25, -0.2) is 4.98 Å². The molecule has 1 saturated carbocycles. The Hall–Kier alpha value is -2.47. The number of nitrogens with one attached hydrogen (secondary N) is 1. The molecule has 26 heavy (non-hydrogen) atoms. The maximum Gasteiger partial charge on any atom is 0.229 e. The number of hydrogen-bond donors (Lipinski definition) is 1. The minimum Gasteiger partial charge on any atom is -0.488 e. The lowest BCUT2D eigenvalue weighted by molar-refractivity contribution is -0.125. The number of thiazole rings is 1. The number of para-hydroxylation sites is 1. The van der Waals surface area contributed by atoms with Gasteiger partial charge in [-0.15, -0.1) is 11.3 Å². The number of anilines is 1. The summed E-state index contributed by atoms with van der Waals surface area (Å²) in [6.07, 6.45) is 3.27. The highest BCUT2D eigenvalue weighted by atomic mass is 32.1. The van der Waals surface area contributed by atoms with Crippen LogP contribution in [-0.4, -0.2) is 22.0 Å². The summed E-state index contributed by atoms with van der Waals surface area (Å²) in [5.74, 6) is 1.17. The molecule has 1 aliphatic carbocycles. The van der Waals surface area contributed by atoms with Crippen LogP contribution in [0.15, 0.2) is 41.9 Å². The quantitative estimate of drug-likeness (QED) is 0.715.